The molecular weight excluding hydrogens is 370 g/mol. The second-order valence-corrected chi connectivity index (χ2v) is 8.24. The van der Waals surface area contributed by atoms with Crippen molar-refractivity contribution in [3.8, 4) is 11.1 Å². The summed E-state index contributed by atoms with van der Waals surface area (Å²) in [5, 5.41) is 3.32. The minimum absolute atomic E-state index is 0.0787. The van der Waals surface area contributed by atoms with Gasteiger partial charge in [-0.15, -0.1) is 11.3 Å². The van der Waals surface area contributed by atoms with E-state index in [4.69, 9.17) is 21.3 Å². The van der Waals surface area contributed by atoms with Crippen LogP contribution < -0.4 is 10.5 Å². The summed E-state index contributed by atoms with van der Waals surface area (Å²) in [6.07, 6.45) is 0.449. The van der Waals surface area contributed by atoms with Crippen molar-refractivity contribution in [1.82, 2.24) is 9.97 Å². The fourth-order valence-electron chi connectivity index (χ4n) is 3.69. The van der Waals surface area contributed by atoms with Gasteiger partial charge in [0.25, 0.3) is 5.56 Å². The molecule has 0 amide bonds. The predicted octanol–water partition coefficient (Wildman–Crippen LogP) is 2.50. The first-order valence-corrected chi connectivity index (χ1v) is 10.0. The summed E-state index contributed by atoms with van der Waals surface area (Å²) in [5.74, 6) is 0.739. The molecule has 1 aromatic carbocycles. The van der Waals surface area contributed by atoms with Gasteiger partial charge in [-0.1, -0.05) is 23.7 Å². The molecule has 2 atom stereocenters. The Kier molecular flexibility index (Phi) is 4.84. The first-order valence-electron chi connectivity index (χ1n) is 8.75. The first kappa shape index (κ1) is 17.7. The van der Waals surface area contributed by atoms with E-state index in [0.29, 0.717) is 17.0 Å². The summed E-state index contributed by atoms with van der Waals surface area (Å²) in [4.78, 5) is 22.6. The van der Waals surface area contributed by atoms with E-state index in [0.717, 1.165) is 34.9 Å². The molecule has 2 N–H and O–H groups in total. The van der Waals surface area contributed by atoms with Crippen molar-refractivity contribution in [2.24, 2.45) is 0 Å². The number of aromatic nitrogens is 2. The number of nitrogens with one attached hydrogen (secondary N) is 2. The Morgan fingerprint density at radius 1 is 1.27 bits per heavy atom. The lowest BCUT2D eigenvalue weighted by Gasteiger charge is -2.32. The molecule has 1 fully saturated rings. The van der Waals surface area contributed by atoms with Crippen LogP contribution in [0.25, 0.3) is 21.3 Å². The van der Waals surface area contributed by atoms with Gasteiger partial charge >= 0.3 is 0 Å². The molecule has 7 heteroatoms. The van der Waals surface area contributed by atoms with E-state index in [-0.39, 0.29) is 17.8 Å². The van der Waals surface area contributed by atoms with E-state index in [2.05, 4.69) is 18.8 Å². The van der Waals surface area contributed by atoms with Gasteiger partial charge < -0.3 is 14.6 Å². The average Bonchev–Trinajstić information content (AvgIpc) is 2.99. The van der Waals surface area contributed by atoms with Crippen LogP contribution in [0.15, 0.2) is 34.4 Å². The highest BCUT2D eigenvalue weighted by molar-refractivity contribution is 7.17. The average molecular weight is 391 g/mol. The third kappa shape index (κ3) is 3.55. The van der Waals surface area contributed by atoms with Crippen LogP contribution in [-0.4, -0.2) is 35.3 Å². The molecule has 1 aliphatic rings. The molecular formula is C19H21ClN3O2S+. The molecule has 0 spiro atoms. The van der Waals surface area contributed by atoms with Crippen LogP contribution in [0, 0.1) is 0 Å². The SMILES string of the molecule is C[C@@H]1C[NH+](Cc2nc3scc(-c4ccc(Cl)cc4)c3c(=O)[nH]2)C[C@@H](C)O1. The number of fused-ring (bicyclic) bond motifs is 1. The number of aromatic amines is 1. The molecule has 0 saturated carbocycles. The number of benzene rings is 1. The molecule has 5 nitrogen and oxygen atoms in total. The zero-order valence-electron chi connectivity index (χ0n) is 14.7. The standard InChI is InChI=1S/C19H20ClN3O2S/c1-11-7-23(8-12(2)25-11)9-16-21-18(24)17-15(10-26-19(17)22-16)13-3-5-14(20)6-4-13/h3-6,10-12H,7-9H2,1-2H3,(H,21,22,24)/p+1/t11-,12-/m1/s1. The summed E-state index contributed by atoms with van der Waals surface area (Å²) in [5.41, 5.74) is 1.80. The Bertz CT molecular complexity index is 973. The molecule has 2 aromatic heterocycles. The normalized spacial score (nSPS) is 23.4. The molecule has 1 saturated heterocycles. The third-order valence-electron chi connectivity index (χ3n) is 4.68. The lowest BCUT2D eigenvalue weighted by molar-refractivity contribution is -0.928. The Labute approximate surface area is 160 Å². The van der Waals surface area contributed by atoms with E-state index in [1.54, 1.807) is 0 Å². The van der Waals surface area contributed by atoms with Crippen LogP contribution >= 0.6 is 22.9 Å². The van der Waals surface area contributed by atoms with E-state index in [1.165, 1.54) is 16.2 Å². The molecule has 4 rings (SSSR count). The zero-order valence-corrected chi connectivity index (χ0v) is 16.3. The fourth-order valence-corrected chi connectivity index (χ4v) is 4.78. The van der Waals surface area contributed by atoms with Gasteiger partial charge in [0.05, 0.1) is 5.39 Å². The summed E-state index contributed by atoms with van der Waals surface area (Å²) < 4.78 is 5.79. The zero-order chi connectivity index (χ0) is 18.3. The molecule has 0 aliphatic carbocycles. The van der Waals surface area contributed by atoms with Crippen LogP contribution in [0.3, 0.4) is 0 Å². The Hall–Kier alpha value is -1.73. The largest absolute Gasteiger partial charge is 0.364 e. The Morgan fingerprint density at radius 3 is 2.65 bits per heavy atom. The summed E-state index contributed by atoms with van der Waals surface area (Å²) >= 11 is 7.47. The second kappa shape index (κ2) is 7.12. The van der Waals surface area contributed by atoms with Crippen molar-refractivity contribution in [1.29, 1.82) is 0 Å². The molecule has 26 heavy (non-hydrogen) atoms. The third-order valence-corrected chi connectivity index (χ3v) is 5.81. The maximum atomic E-state index is 12.7. The minimum atomic E-state index is -0.0787. The maximum Gasteiger partial charge on any atom is 0.260 e. The van der Waals surface area contributed by atoms with Gasteiger partial charge in [0.2, 0.25) is 0 Å². The van der Waals surface area contributed by atoms with E-state index >= 15 is 0 Å². The molecule has 0 unspecified atom stereocenters. The number of hydrogen-bond acceptors (Lipinski definition) is 4. The smallest absolute Gasteiger partial charge is 0.260 e. The first-order chi connectivity index (χ1) is 12.5. The number of quaternary nitrogens is 1. The van der Waals surface area contributed by atoms with Gasteiger partial charge in [0.15, 0.2) is 5.82 Å². The molecule has 3 aromatic rings. The van der Waals surface area contributed by atoms with Crippen molar-refractivity contribution in [3.05, 3.63) is 50.8 Å². The topological polar surface area (TPSA) is 59.4 Å². The van der Waals surface area contributed by atoms with Crippen LogP contribution in [-0.2, 0) is 11.3 Å². The van der Waals surface area contributed by atoms with Crippen LogP contribution in [0.2, 0.25) is 5.02 Å². The number of rotatable bonds is 3. The van der Waals surface area contributed by atoms with E-state index in [1.807, 2.05) is 29.6 Å². The van der Waals surface area contributed by atoms with Crippen molar-refractivity contribution >= 4 is 33.2 Å². The number of thiophene rings is 1. The number of halogens is 1. The predicted molar refractivity (Wildman–Crippen MR) is 105 cm³/mol. The van der Waals surface area contributed by atoms with E-state index in [9.17, 15) is 4.79 Å². The van der Waals surface area contributed by atoms with Crippen molar-refractivity contribution in [2.75, 3.05) is 13.1 Å². The number of morpholine rings is 1. The maximum absolute atomic E-state index is 12.7. The lowest BCUT2D eigenvalue weighted by Crippen LogP contribution is -3.14. The summed E-state index contributed by atoms with van der Waals surface area (Å²) in [6.45, 7) is 6.73. The minimum Gasteiger partial charge on any atom is -0.364 e. The molecule has 0 bridgehead atoms. The fraction of sp³-hybridized carbons (Fsp3) is 0.368. The Morgan fingerprint density at radius 2 is 1.96 bits per heavy atom. The van der Waals surface area contributed by atoms with Gasteiger partial charge in [0, 0.05) is 16.0 Å². The lowest BCUT2D eigenvalue weighted by atomic mass is 10.1. The number of ether oxygens (including phenoxy) is 1. The van der Waals surface area contributed by atoms with Crippen LogP contribution in [0.1, 0.15) is 19.7 Å². The molecule has 136 valence electrons. The highest BCUT2D eigenvalue weighted by atomic mass is 35.5. The van der Waals surface area contributed by atoms with Crippen molar-refractivity contribution in [3.63, 3.8) is 0 Å². The number of H-pyrrole nitrogens is 1. The van der Waals surface area contributed by atoms with Crippen LogP contribution in [0.4, 0.5) is 0 Å². The molecule has 3 heterocycles. The van der Waals surface area contributed by atoms with Crippen molar-refractivity contribution in [2.45, 2.75) is 32.6 Å². The summed E-state index contributed by atoms with van der Waals surface area (Å²) in [7, 11) is 0. The quantitative estimate of drug-likeness (QED) is 0.722. The second-order valence-electron chi connectivity index (χ2n) is 6.94. The van der Waals surface area contributed by atoms with Crippen molar-refractivity contribution < 1.29 is 9.64 Å². The highest BCUT2D eigenvalue weighted by Crippen LogP contribution is 2.31. The van der Waals surface area contributed by atoms with Gasteiger partial charge in [-0.05, 0) is 31.5 Å². The van der Waals surface area contributed by atoms with Crippen LogP contribution in [0.5, 0.6) is 0 Å². The highest BCUT2D eigenvalue weighted by Gasteiger charge is 2.26. The van der Waals surface area contributed by atoms with Gasteiger partial charge in [-0.25, -0.2) is 4.98 Å². The summed E-state index contributed by atoms with van der Waals surface area (Å²) in [6, 6.07) is 7.52. The van der Waals surface area contributed by atoms with E-state index < -0.39 is 0 Å². The van der Waals surface area contributed by atoms with Gasteiger partial charge in [0.1, 0.15) is 36.7 Å². The van der Waals surface area contributed by atoms with Gasteiger partial charge in [-0.3, -0.25) is 4.79 Å². The number of nitrogens with zero attached hydrogens (tertiary/aromatic N) is 1. The monoisotopic (exact) mass is 390 g/mol. The number of hydrogen-bond donors (Lipinski definition) is 2. The Balaban J connectivity index is 1.66. The molecule has 1 aliphatic heterocycles. The molecule has 0 radical (unpaired) electrons. The van der Waals surface area contributed by atoms with Gasteiger partial charge in [-0.2, -0.15) is 0 Å².